The van der Waals surface area contributed by atoms with Crippen molar-refractivity contribution >= 4 is 11.6 Å². The van der Waals surface area contributed by atoms with E-state index < -0.39 is 0 Å². The maximum Gasteiger partial charge on any atom is 0.229 e. The Hall–Kier alpha value is -3.02. The Morgan fingerprint density at radius 3 is 2.53 bits per heavy atom. The van der Waals surface area contributed by atoms with E-state index in [0.717, 1.165) is 56.0 Å². The van der Waals surface area contributed by atoms with Crippen molar-refractivity contribution in [3.8, 4) is 11.1 Å². The van der Waals surface area contributed by atoms with E-state index in [9.17, 15) is 4.79 Å². The van der Waals surface area contributed by atoms with Gasteiger partial charge in [0.05, 0.1) is 5.92 Å². The molecule has 5 nitrogen and oxygen atoms in total. The molecule has 0 aliphatic carbocycles. The lowest BCUT2D eigenvalue weighted by molar-refractivity contribution is -0.120. The first kappa shape index (κ1) is 20.9. The lowest BCUT2D eigenvalue weighted by atomic mass is 9.88. The fourth-order valence-electron chi connectivity index (χ4n) is 5.03. The highest BCUT2D eigenvalue weighted by molar-refractivity contribution is 5.94. The number of carbonyl (C=O) groups excluding carboxylic acids is 1. The fourth-order valence-corrected chi connectivity index (χ4v) is 5.03. The quantitative estimate of drug-likeness (QED) is 0.648. The number of amides is 1. The molecule has 0 saturated carbocycles. The van der Waals surface area contributed by atoms with Gasteiger partial charge in [0.25, 0.3) is 0 Å². The molecule has 2 aliphatic heterocycles. The van der Waals surface area contributed by atoms with Gasteiger partial charge in [0.1, 0.15) is 0 Å². The van der Waals surface area contributed by atoms with Crippen LogP contribution in [0, 0.1) is 5.92 Å². The van der Waals surface area contributed by atoms with E-state index >= 15 is 0 Å². The predicted molar refractivity (Wildman–Crippen MR) is 126 cm³/mol. The van der Waals surface area contributed by atoms with Gasteiger partial charge in [-0.25, -0.2) is 0 Å². The summed E-state index contributed by atoms with van der Waals surface area (Å²) in [6, 6.07) is 22.9. The van der Waals surface area contributed by atoms with Crippen molar-refractivity contribution in [2.45, 2.75) is 24.8 Å². The molecule has 0 radical (unpaired) electrons. The van der Waals surface area contributed by atoms with E-state index in [1.54, 1.807) is 6.20 Å². The van der Waals surface area contributed by atoms with E-state index in [1.807, 2.05) is 48.7 Å². The summed E-state index contributed by atoms with van der Waals surface area (Å²) in [4.78, 5) is 20.2. The molecule has 2 saturated heterocycles. The second-order valence-electron chi connectivity index (χ2n) is 8.73. The Labute approximate surface area is 189 Å². The third-order valence-electron chi connectivity index (χ3n) is 6.74. The highest BCUT2D eigenvalue weighted by Crippen LogP contribution is 2.36. The number of ether oxygens (including phenoxy) is 1. The first-order chi connectivity index (χ1) is 15.8. The summed E-state index contributed by atoms with van der Waals surface area (Å²) in [5.74, 6) is 0.208. The van der Waals surface area contributed by atoms with Crippen LogP contribution in [0.4, 0.5) is 5.69 Å². The van der Waals surface area contributed by atoms with Gasteiger partial charge in [0, 0.05) is 61.9 Å². The molecule has 3 aromatic rings. The van der Waals surface area contributed by atoms with E-state index in [4.69, 9.17) is 4.74 Å². The number of anilines is 1. The Kier molecular flexibility index (Phi) is 6.28. The Bertz CT molecular complexity index is 1040. The van der Waals surface area contributed by atoms with Gasteiger partial charge in [0.15, 0.2) is 0 Å². The molecule has 0 bridgehead atoms. The largest absolute Gasteiger partial charge is 0.381 e. The van der Waals surface area contributed by atoms with Gasteiger partial charge in [-0.3, -0.25) is 14.7 Å². The summed E-state index contributed by atoms with van der Waals surface area (Å²) >= 11 is 0. The first-order valence-corrected chi connectivity index (χ1v) is 11.5. The molecule has 3 heterocycles. The summed E-state index contributed by atoms with van der Waals surface area (Å²) in [6.45, 7) is 3.34. The number of nitrogens with zero attached hydrogens (tertiary/aromatic N) is 2. The smallest absolute Gasteiger partial charge is 0.229 e. The zero-order valence-electron chi connectivity index (χ0n) is 18.2. The number of likely N-dealkylation sites (tertiary alicyclic amines) is 1. The molecule has 5 heteroatoms. The minimum absolute atomic E-state index is 0.0812. The molecular weight excluding hydrogens is 398 g/mol. The lowest BCUT2D eigenvalue weighted by Gasteiger charge is -2.31. The fraction of sp³-hybridized carbons (Fsp3) is 0.333. The van der Waals surface area contributed by atoms with Crippen molar-refractivity contribution in [3.05, 3.63) is 84.7 Å². The highest BCUT2D eigenvalue weighted by atomic mass is 16.5. The Balaban J connectivity index is 1.36. The van der Waals surface area contributed by atoms with Crippen LogP contribution in [0.1, 0.15) is 24.3 Å². The number of carbonyl (C=O) groups is 1. The maximum absolute atomic E-state index is 13.5. The molecule has 164 valence electrons. The van der Waals surface area contributed by atoms with Crippen LogP contribution in [0.25, 0.3) is 11.1 Å². The van der Waals surface area contributed by atoms with Crippen LogP contribution in [-0.2, 0) is 9.53 Å². The number of benzene rings is 2. The van der Waals surface area contributed by atoms with Crippen LogP contribution in [0.15, 0.2) is 79.1 Å². The van der Waals surface area contributed by atoms with E-state index in [2.05, 4.69) is 39.5 Å². The number of hydrogen-bond acceptors (Lipinski definition) is 4. The van der Waals surface area contributed by atoms with Crippen molar-refractivity contribution < 1.29 is 9.53 Å². The zero-order chi connectivity index (χ0) is 21.8. The molecule has 32 heavy (non-hydrogen) atoms. The molecule has 2 aliphatic rings. The highest BCUT2D eigenvalue weighted by Gasteiger charge is 2.41. The summed E-state index contributed by atoms with van der Waals surface area (Å²) in [6.07, 6.45) is 5.70. The number of hydrogen-bond donors (Lipinski definition) is 1. The molecule has 5 rings (SSSR count). The van der Waals surface area contributed by atoms with Crippen molar-refractivity contribution in [2.24, 2.45) is 5.92 Å². The van der Waals surface area contributed by atoms with Gasteiger partial charge < -0.3 is 10.1 Å². The lowest BCUT2D eigenvalue weighted by Crippen LogP contribution is -2.38. The van der Waals surface area contributed by atoms with Crippen LogP contribution in [0.3, 0.4) is 0 Å². The van der Waals surface area contributed by atoms with Crippen LogP contribution in [-0.4, -0.2) is 48.1 Å². The molecule has 2 atom stereocenters. The summed E-state index contributed by atoms with van der Waals surface area (Å²) < 4.78 is 5.56. The maximum atomic E-state index is 13.5. The third-order valence-corrected chi connectivity index (χ3v) is 6.74. The van der Waals surface area contributed by atoms with Crippen LogP contribution in [0.5, 0.6) is 0 Å². The average Bonchev–Trinajstić information content (AvgIpc) is 3.32. The van der Waals surface area contributed by atoms with Gasteiger partial charge in [-0.1, -0.05) is 48.5 Å². The molecule has 1 N–H and O–H groups in total. The van der Waals surface area contributed by atoms with Crippen molar-refractivity contribution in [3.63, 3.8) is 0 Å². The van der Waals surface area contributed by atoms with Gasteiger partial charge in [-0.05, 0) is 42.2 Å². The standard InChI is InChI=1S/C27H29N3O2/c31-27(29-23-10-4-8-21(16-23)22-9-5-13-28-17-22)26-19-30(24-11-14-32-15-12-24)18-25(26)20-6-2-1-3-7-20/h1-10,13,16-17,24-26H,11-12,14-15,18-19H2,(H,29,31). The summed E-state index contributed by atoms with van der Waals surface area (Å²) in [7, 11) is 0. The number of pyridine rings is 1. The Morgan fingerprint density at radius 1 is 0.938 bits per heavy atom. The number of rotatable bonds is 5. The van der Waals surface area contributed by atoms with E-state index in [-0.39, 0.29) is 17.7 Å². The predicted octanol–water partition coefficient (Wildman–Crippen LogP) is 4.58. The van der Waals surface area contributed by atoms with Gasteiger partial charge >= 0.3 is 0 Å². The van der Waals surface area contributed by atoms with Crippen molar-refractivity contribution in [1.29, 1.82) is 0 Å². The first-order valence-electron chi connectivity index (χ1n) is 11.5. The minimum Gasteiger partial charge on any atom is -0.381 e. The monoisotopic (exact) mass is 427 g/mol. The number of aromatic nitrogens is 1. The molecular formula is C27H29N3O2. The molecule has 1 amide bonds. The zero-order valence-corrected chi connectivity index (χ0v) is 18.2. The SMILES string of the molecule is O=C(Nc1cccc(-c2cccnc2)c1)C1CN(C2CCOCC2)CC1c1ccccc1. The molecule has 2 aromatic carbocycles. The minimum atomic E-state index is -0.0812. The van der Waals surface area contributed by atoms with E-state index in [0.29, 0.717) is 6.04 Å². The van der Waals surface area contributed by atoms with Gasteiger partial charge in [-0.2, -0.15) is 0 Å². The molecule has 2 fully saturated rings. The normalized spacial score (nSPS) is 22.0. The van der Waals surface area contributed by atoms with Crippen molar-refractivity contribution in [2.75, 3.05) is 31.6 Å². The molecule has 1 aromatic heterocycles. The second kappa shape index (κ2) is 9.63. The van der Waals surface area contributed by atoms with Gasteiger partial charge in [0.2, 0.25) is 5.91 Å². The molecule has 2 unspecified atom stereocenters. The van der Waals surface area contributed by atoms with Crippen LogP contribution < -0.4 is 5.32 Å². The topological polar surface area (TPSA) is 54.5 Å². The van der Waals surface area contributed by atoms with Crippen LogP contribution >= 0.6 is 0 Å². The Morgan fingerprint density at radius 2 is 1.75 bits per heavy atom. The molecule has 0 spiro atoms. The van der Waals surface area contributed by atoms with Gasteiger partial charge in [-0.15, -0.1) is 0 Å². The average molecular weight is 428 g/mol. The number of nitrogens with one attached hydrogen (secondary N) is 1. The van der Waals surface area contributed by atoms with Crippen LogP contribution in [0.2, 0.25) is 0 Å². The summed E-state index contributed by atoms with van der Waals surface area (Å²) in [5.41, 5.74) is 4.15. The third kappa shape index (κ3) is 4.59. The van der Waals surface area contributed by atoms with E-state index in [1.165, 1.54) is 5.56 Å². The van der Waals surface area contributed by atoms with Crippen molar-refractivity contribution in [1.82, 2.24) is 9.88 Å². The second-order valence-corrected chi connectivity index (χ2v) is 8.73. The summed E-state index contributed by atoms with van der Waals surface area (Å²) in [5, 5.41) is 3.21.